The van der Waals surface area contributed by atoms with Crippen LogP contribution in [0, 0.1) is 10.1 Å². The molecule has 0 aliphatic carbocycles. The second-order valence-electron chi connectivity index (χ2n) is 6.22. The van der Waals surface area contributed by atoms with Gasteiger partial charge >= 0.3 is 0 Å². The molecule has 0 spiro atoms. The first-order valence-electron chi connectivity index (χ1n) is 8.52. The Balaban J connectivity index is 1.99. The quantitative estimate of drug-likeness (QED) is 0.282. The zero-order valence-electron chi connectivity index (χ0n) is 14.6. The van der Waals surface area contributed by atoms with Crippen LogP contribution in [0.15, 0.2) is 60.2 Å². The molecule has 0 aliphatic rings. The molecule has 2 aromatic carbocycles. The molecule has 3 heterocycles. The van der Waals surface area contributed by atoms with Crippen LogP contribution in [-0.4, -0.2) is 25.1 Å². The summed E-state index contributed by atoms with van der Waals surface area (Å²) in [6.07, 6.45) is 3.14. The summed E-state index contributed by atoms with van der Waals surface area (Å²) in [7, 11) is 0. The predicted octanol–water partition coefficient (Wildman–Crippen LogP) is 5.53. The van der Waals surface area contributed by atoms with Crippen LogP contribution < -0.4 is 0 Å². The Kier molecular flexibility index (Phi) is 4.15. The maximum Gasteiger partial charge on any atom is 0.298 e. The van der Waals surface area contributed by atoms with Crippen molar-refractivity contribution in [2.24, 2.45) is 0 Å². The highest BCUT2D eigenvalue weighted by molar-refractivity contribution is 7.13. The van der Waals surface area contributed by atoms with Gasteiger partial charge in [0, 0.05) is 22.0 Å². The molecule has 0 radical (unpaired) electrons. The summed E-state index contributed by atoms with van der Waals surface area (Å²) in [5, 5.41) is 22.9. The van der Waals surface area contributed by atoms with E-state index >= 15 is 0 Å². The number of fused-ring (bicyclic) bond motifs is 3. The van der Waals surface area contributed by atoms with E-state index in [2.05, 4.69) is 15.2 Å². The summed E-state index contributed by atoms with van der Waals surface area (Å²) in [6.45, 7) is 0. The van der Waals surface area contributed by atoms with Crippen LogP contribution in [0.5, 0.6) is 0 Å². The number of benzene rings is 2. The van der Waals surface area contributed by atoms with Crippen LogP contribution in [0.4, 0.5) is 5.69 Å². The number of hydrogen-bond donors (Lipinski definition) is 0. The van der Waals surface area contributed by atoms with Gasteiger partial charge in [-0.15, -0.1) is 16.4 Å². The highest BCUT2D eigenvalue weighted by Gasteiger charge is 2.22. The van der Waals surface area contributed by atoms with Gasteiger partial charge in [0.05, 0.1) is 44.5 Å². The molecule has 0 aliphatic heterocycles. The van der Waals surface area contributed by atoms with Crippen molar-refractivity contribution in [1.82, 2.24) is 20.2 Å². The van der Waals surface area contributed by atoms with Gasteiger partial charge in [0.25, 0.3) is 5.69 Å². The Hall–Kier alpha value is -3.49. The second kappa shape index (κ2) is 6.84. The summed E-state index contributed by atoms with van der Waals surface area (Å²) in [4.78, 5) is 21.6. The molecule has 0 fully saturated rings. The van der Waals surface area contributed by atoms with Crippen LogP contribution in [0.1, 0.15) is 0 Å². The van der Waals surface area contributed by atoms with Crippen LogP contribution in [0.25, 0.3) is 43.6 Å². The molecule has 5 rings (SSSR count). The summed E-state index contributed by atoms with van der Waals surface area (Å²) >= 11 is 7.99. The van der Waals surface area contributed by atoms with Gasteiger partial charge in [-0.25, -0.2) is 4.98 Å². The first kappa shape index (κ1) is 17.6. The fourth-order valence-corrected chi connectivity index (χ4v) is 4.14. The maximum absolute atomic E-state index is 11.7. The van der Waals surface area contributed by atoms with E-state index in [0.29, 0.717) is 38.3 Å². The standard InChI is InChI=1S/C20H10ClN5O2S/c21-14-5-2-1-4-11(14)19-12-8-16(26(27)28)20-13(9-23-25-20)18(12)22-10-15(24-19)17-6-3-7-29-17/h1-10H. The van der Waals surface area contributed by atoms with Crippen molar-refractivity contribution in [3.05, 3.63) is 75.4 Å². The zero-order chi connectivity index (χ0) is 20.0. The molecular weight excluding hydrogens is 410 g/mol. The van der Waals surface area contributed by atoms with E-state index in [9.17, 15) is 10.1 Å². The van der Waals surface area contributed by atoms with Gasteiger partial charge < -0.3 is 0 Å². The minimum absolute atomic E-state index is 0.147. The number of non-ortho nitro benzene ring substituents is 1. The van der Waals surface area contributed by atoms with Gasteiger partial charge in [0.2, 0.25) is 0 Å². The van der Waals surface area contributed by atoms with Crippen molar-refractivity contribution >= 4 is 50.4 Å². The lowest BCUT2D eigenvalue weighted by Gasteiger charge is -2.05. The second-order valence-corrected chi connectivity index (χ2v) is 7.57. The Morgan fingerprint density at radius 1 is 1.03 bits per heavy atom. The number of halogens is 1. The van der Waals surface area contributed by atoms with Gasteiger partial charge in [0.1, 0.15) is 0 Å². The number of rotatable bonds is 3. The Labute approximate surface area is 172 Å². The topological polar surface area (TPSA) is 94.7 Å². The van der Waals surface area contributed by atoms with E-state index in [1.807, 2.05) is 35.7 Å². The summed E-state index contributed by atoms with van der Waals surface area (Å²) in [6, 6.07) is 12.6. The number of nitro groups is 1. The largest absolute Gasteiger partial charge is 0.298 e. The first-order chi connectivity index (χ1) is 14.1. The molecule has 5 aromatic rings. The molecule has 0 saturated carbocycles. The molecule has 3 aromatic heterocycles. The third kappa shape index (κ3) is 2.89. The predicted molar refractivity (Wildman–Crippen MR) is 113 cm³/mol. The average molecular weight is 420 g/mol. The Morgan fingerprint density at radius 3 is 2.66 bits per heavy atom. The highest BCUT2D eigenvalue weighted by atomic mass is 35.5. The summed E-state index contributed by atoms with van der Waals surface area (Å²) in [5.41, 5.74) is 2.40. The van der Waals surface area contributed by atoms with E-state index in [-0.39, 0.29) is 11.2 Å². The van der Waals surface area contributed by atoms with E-state index in [0.717, 1.165) is 4.88 Å². The van der Waals surface area contributed by atoms with Crippen molar-refractivity contribution < 1.29 is 4.92 Å². The van der Waals surface area contributed by atoms with Gasteiger partial charge in [-0.05, 0) is 17.5 Å². The number of hydrogen-bond acceptors (Lipinski definition) is 7. The maximum atomic E-state index is 11.7. The van der Waals surface area contributed by atoms with Crippen LogP contribution in [0.3, 0.4) is 0 Å². The minimum Gasteiger partial charge on any atom is -0.258 e. The molecule has 0 N–H and O–H groups in total. The van der Waals surface area contributed by atoms with Crippen molar-refractivity contribution in [2.45, 2.75) is 0 Å². The molecule has 29 heavy (non-hydrogen) atoms. The molecule has 0 bridgehead atoms. The van der Waals surface area contributed by atoms with Crippen LogP contribution >= 0.6 is 22.9 Å². The third-order valence-electron chi connectivity index (χ3n) is 4.54. The van der Waals surface area contributed by atoms with Crippen molar-refractivity contribution in [3.63, 3.8) is 0 Å². The third-order valence-corrected chi connectivity index (χ3v) is 5.76. The first-order valence-corrected chi connectivity index (χ1v) is 9.77. The van der Waals surface area contributed by atoms with Gasteiger partial charge in [-0.1, -0.05) is 35.9 Å². The molecule has 0 unspecified atom stereocenters. The molecular formula is C20H10ClN5O2S. The van der Waals surface area contributed by atoms with Crippen LogP contribution in [-0.2, 0) is 0 Å². The summed E-state index contributed by atoms with van der Waals surface area (Å²) < 4.78 is 0. The number of thiophene rings is 1. The van der Waals surface area contributed by atoms with Gasteiger partial charge in [-0.2, -0.15) is 5.10 Å². The zero-order valence-corrected chi connectivity index (χ0v) is 16.2. The van der Waals surface area contributed by atoms with Crippen LogP contribution in [0.2, 0.25) is 5.02 Å². The minimum atomic E-state index is -0.472. The van der Waals surface area contributed by atoms with Crippen molar-refractivity contribution in [1.29, 1.82) is 0 Å². The lowest BCUT2D eigenvalue weighted by atomic mass is 10.0. The Morgan fingerprint density at radius 2 is 1.90 bits per heavy atom. The number of nitro benzene ring substituents is 1. The highest BCUT2D eigenvalue weighted by Crippen LogP contribution is 2.38. The SMILES string of the molecule is O=[N+]([O-])c1cc2c(-c3ccccc3Cl)nc(-c3cccs3)cnc2c2cnnc12. The lowest BCUT2D eigenvalue weighted by Crippen LogP contribution is -1.92. The number of nitrogens with zero attached hydrogens (tertiary/aromatic N) is 5. The van der Waals surface area contributed by atoms with E-state index < -0.39 is 4.92 Å². The molecule has 140 valence electrons. The molecule has 0 amide bonds. The Bertz CT molecular complexity index is 1410. The van der Waals surface area contributed by atoms with Gasteiger partial charge in [-0.3, -0.25) is 15.1 Å². The van der Waals surface area contributed by atoms with E-state index in [1.54, 1.807) is 12.3 Å². The molecule has 7 nitrogen and oxygen atoms in total. The number of aromatic nitrogens is 4. The molecule has 0 saturated heterocycles. The molecule has 0 atom stereocenters. The van der Waals surface area contributed by atoms with Gasteiger partial charge in [0.15, 0.2) is 5.52 Å². The summed E-state index contributed by atoms with van der Waals surface area (Å²) in [5.74, 6) is 0. The monoisotopic (exact) mass is 419 g/mol. The lowest BCUT2D eigenvalue weighted by molar-refractivity contribution is -0.383. The average Bonchev–Trinajstić information content (AvgIpc) is 3.38. The normalized spacial score (nSPS) is 11.2. The van der Waals surface area contributed by atoms with Crippen molar-refractivity contribution in [2.75, 3.05) is 0 Å². The molecule has 9 heteroatoms. The van der Waals surface area contributed by atoms with E-state index in [1.165, 1.54) is 23.6 Å². The smallest absolute Gasteiger partial charge is 0.258 e. The van der Waals surface area contributed by atoms with Crippen molar-refractivity contribution in [3.8, 4) is 21.8 Å². The van der Waals surface area contributed by atoms with E-state index in [4.69, 9.17) is 16.6 Å². The fourth-order valence-electron chi connectivity index (χ4n) is 3.24. The fraction of sp³-hybridized carbons (Fsp3) is 0.